The van der Waals surface area contributed by atoms with Gasteiger partial charge < -0.3 is 4.40 Å². The average molecular weight is 214 g/mol. The number of hydrogen-bond donors (Lipinski definition) is 0. The van der Waals surface area contributed by atoms with Crippen LogP contribution >= 0.6 is 0 Å². The Morgan fingerprint density at radius 1 is 1.27 bits per heavy atom. The van der Waals surface area contributed by atoms with Crippen LogP contribution in [0.5, 0.6) is 0 Å². The molecule has 0 saturated carbocycles. The van der Waals surface area contributed by atoms with E-state index in [1.807, 2.05) is 0 Å². The molecule has 15 heavy (non-hydrogen) atoms. The molecule has 2 rings (SSSR count). The predicted molar refractivity (Wildman–Crippen MR) is 45.6 cm³/mol. The van der Waals surface area contributed by atoms with Gasteiger partial charge in [0.1, 0.15) is 5.65 Å². The molecule has 0 bridgehead atoms. The maximum absolute atomic E-state index is 12.3. The molecule has 2 heterocycles. The molecule has 0 aliphatic carbocycles. The van der Waals surface area contributed by atoms with Crippen LogP contribution < -0.4 is 0 Å². The Bertz CT molecular complexity index is 516. The lowest BCUT2D eigenvalue weighted by molar-refractivity contribution is -0.140. The Hall–Kier alpha value is -1.85. The molecule has 78 valence electrons. The van der Waals surface area contributed by atoms with Gasteiger partial charge in [-0.1, -0.05) is 0 Å². The van der Waals surface area contributed by atoms with E-state index in [4.69, 9.17) is 0 Å². The van der Waals surface area contributed by atoms with Gasteiger partial charge in [-0.05, 0) is 12.1 Å². The first-order valence-corrected chi connectivity index (χ1v) is 4.02. The van der Waals surface area contributed by atoms with Crippen molar-refractivity contribution in [1.82, 2.24) is 9.38 Å². The maximum Gasteiger partial charge on any atom is 0.434 e. The highest BCUT2D eigenvalue weighted by atomic mass is 19.4. The fourth-order valence-corrected chi connectivity index (χ4v) is 1.22. The minimum Gasteiger partial charge on any atom is -0.306 e. The number of fused-ring (bicyclic) bond motifs is 1. The third kappa shape index (κ3) is 1.70. The van der Waals surface area contributed by atoms with E-state index in [1.54, 1.807) is 0 Å². The third-order valence-electron chi connectivity index (χ3n) is 1.90. The summed E-state index contributed by atoms with van der Waals surface area (Å²) >= 11 is 0. The molecule has 0 amide bonds. The van der Waals surface area contributed by atoms with E-state index in [-0.39, 0.29) is 5.65 Å². The predicted octanol–water partition coefficient (Wildman–Crippen LogP) is 2.17. The number of nitrogens with zero attached hydrogens (tertiary/aromatic N) is 2. The van der Waals surface area contributed by atoms with Crippen LogP contribution in [-0.4, -0.2) is 15.7 Å². The average Bonchev–Trinajstić information content (AvgIpc) is 2.59. The molecule has 2 aromatic heterocycles. The first-order valence-electron chi connectivity index (χ1n) is 4.02. The Morgan fingerprint density at radius 2 is 2.00 bits per heavy atom. The van der Waals surface area contributed by atoms with Crippen LogP contribution in [-0.2, 0) is 6.18 Å². The largest absolute Gasteiger partial charge is 0.434 e. The molecule has 0 aromatic carbocycles. The second-order valence-electron chi connectivity index (χ2n) is 2.97. The summed E-state index contributed by atoms with van der Waals surface area (Å²) in [5.74, 6) is 0. The minimum absolute atomic E-state index is 0.160. The molecule has 0 atom stereocenters. The first kappa shape index (κ1) is 9.70. The summed E-state index contributed by atoms with van der Waals surface area (Å²) in [5.41, 5.74) is -0.507. The van der Waals surface area contributed by atoms with Crippen LogP contribution in [0.1, 0.15) is 16.1 Å². The summed E-state index contributed by atoms with van der Waals surface area (Å²) in [7, 11) is 0. The van der Waals surface area contributed by atoms with Crippen LogP contribution in [0.15, 0.2) is 24.5 Å². The molecule has 6 heteroatoms. The minimum atomic E-state index is -4.46. The van der Waals surface area contributed by atoms with Gasteiger partial charge in [0.05, 0.1) is 0 Å². The number of alkyl halides is 3. The molecule has 0 saturated heterocycles. The molecular formula is C9H5F3N2O. The topological polar surface area (TPSA) is 34.4 Å². The van der Waals surface area contributed by atoms with E-state index < -0.39 is 11.9 Å². The number of imidazole rings is 1. The summed E-state index contributed by atoms with van der Waals surface area (Å²) in [6, 6.07) is 2.77. The van der Waals surface area contributed by atoms with Gasteiger partial charge >= 0.3 is 6.18 Å². The van der Waals surface area contributed by atoms with Crippen molar-refractivity contribution in [1.29, 1.82) is 0 Å². The smallest absolute Gasteiger partial charge is 0.306 e. The SMILES string of the molecule is O=Cc1ccc2nc(C(F)(F)F)cn2c1. The van der Waals surface area contributed by atoms with Crippen LogP contribution in [0, 0.1) is 0 Å². The second kappa shape index (κ2) is 3.08. The van der Waals surface area contributed by atoms with Crippen LogP contribution in [0.4, 0.5) is 13.2 Å². The Morgan fingerprint density at radius 3 is 2.60 bits per heavy atom. The van der Waals surface area contributed by atoms with Gasteiger partial charge in [0, 0.05) is 18.0 Å². The zero-order valence-electron chi connectivity index (χ0n) is 7.32. The van der Waals surface area contributed by atoms with Gasteiger partial charge in [0.15, 0.2) is 12.0 Å². The van der Waals surface area contributed by atoms with Gasteiger partial charge in [-0.15, -0.1) is 0 Å². The van der Waals surface area contributed by atoms with E-state index in [0.717, 1.165) is 6.20 Å². The molecular weight excluding hydrogens is 209 g/mol. The van der Waals surface area contributed by atoms with Crippen molar-refractivity contribution in [2.45, 2.75) is 6.18 Å². The fraction of sp³-hybridized carbons (Fsp3) is 0.111. The Labute approximate surface area is 82.2 Å². The molecule has 0 fully saturated rings. The number of carbonyl (C=O) groups excluding carboxylic acids is 1. The lowest BCUT2D eigenvalue weighted by atomic mass is 10.3. The summed E-state index contributed by atoms with van der Waals surface area (Å²) in [6.45, 7) is 0. The van der Waals surface area contributed by atoms with Crippen molar-refractivity contribution in [3.05, 3.63) is 35.8 Å². The lowest BCUT2D eigenvalue weighted by Gasteiger charge is -1.98. The highest BCUT2D eigenvalue weighted by Gasteiger charge is 2.33. The Kier molecular flexibility index (Phi) is 1.99. The van der Waals surface area contributed by atoms with Crippen LogP contribution in [0.2, 0.25) is 0 Å². The van der Waals surface area contributed by atoms with Crippen molar-refractivity contribution >= 4 is 11.9 Å². The van der Waals surface area contributed by atoms with E-state index in [1.165, 1.54) is 22.7 Å². The fourth-order valence-electron chi connectivity index (χ4n) is 1.22. The maximum atomic E-state index is 12.3. The van der Waals surface area contributed by atoms with Gasteiger partial charge in [0.2, 0.25) is 0 Å². The number of hydrogen-bond acceptors (Lipinski definition) is 2. The molecule has 0 radical (unpaired) electrons. The van der Waals surface area contributed by atoms with Crippen molar-refractivity contribution in [3.63, 3.8) is 0 Å². The standard InChI is InChI=1S/C9H5F3N2O/c10-9(11,12)7-4-14-3-6(5-15)1-2-8(14)13-7/h1-5H. The molecule has 0 aliphatic rings. The number of halogens is 3. The number of carbonyl (C=O) groups is 1. The molecule has 0 unspecified atom stereocenters. The number of pyridine rings is 1. The van der Waals surface area contributed by atoms with Gasteiger partial charge in [0.25, 0.3) is 0 Å². The highest BCUT2D eigenvalue weighted by molar-refractivity contribution is 5.74. The van der Waals surface area contributed by atoms with Crippen molar-refractivity contribution in [2.24, 2.45) is 0 Å². The quantitative estimate of drug-likeness (QED) is 0.682. The highest BCUT2D eigenvalue weighted by Crippen LogP contribution is 2.28. The van der Waals surface area contributed by atoms with E-state index in [9.17, 15) is 18.0 Å². The van der Waals surface area contributed by atoms with E-state index in [2.05, 4.69) is 4.98 Å². The van der Waals surface area contributed by atoms with Gasteiger partial charge in [-0.25, -0.2) is 4.98 Å². The monoisotopic (exact) mass is 214 g/mol. The second-order valence-corrected chi connectivity index (χ2v) is 2.97. The molecule has 3 nitrogen and oxygen atoms in total. The van der Waals surface area contributed by atoms with Crippen LogP contribution in [0.3, 0.4) is 0 Å². The molecule has 0 aliphatic heterocycles. The van der Waals surface area contributed by atoms with Crippen molar-refractivity contribution in [2.75, 3.05) is 0 Å². The number of aromatic nitrogens is 2. The normalized spacial score (nSPS) is 11.9. The summed E-state index contributed by atoms with van der Waals surface area (Å²) in [4.78, 5) is 13.8. The molecule has 0 N–H and O–H groups in total. The number of rotatable bonds is 1. The number of aldehydes is 1. The summed E-state index contributed by atoms with van der Waals surface area (Å²) < 4.78 is 38.0. The van der Waals surface area contributed by atoms with Gasteiger partial charge in [-0.3, -0.25) is 4.79 Å². The van der Waals surface area contributed by atoms with E-state index in [0.29, 0.717) is 11.8 Å². The first-order chi connectivity index (χ1) is 7.00. The van der Waals surface area contributed by atoms with Gasteiger partial charge in [-0.2, -0.15) is 13.2 Å². The summed E-state index contributed by atoms with van der Waals surface area (Å²) in [5, 5.41) is 0. The molecule has 2 aromatic rings. The molecule has 0 spiro atoms. The summed E-state index contributed by atoms with van der Waals surface area (Å²) in [6.07, 6.45) is -1.76. The van der Waals surface area contributed by atoms with Crippen molar-refractivity contribution in [3.8, 4) is 0 Å². The van der Waals surface area contributed by atoms with E-state index >= 15 is 0 Å². The van der Waals surface area contributed by atoms with Crippen LogP contribution in [0.25, 0.3) is 5.65 Å². The zero-order valence-corrected chi connectivity index (χ0v) is 7.32. The third-order valence-corrected chi connectivity index (χ3v) is 1.90. The zero-order chi connectivity index (χ0) is 11.1. The lowest BCUT2D eigenvalue weighted by Crippen LogP contribution is -2.04. The Balaban J connectivity index is 2.61. The van der Waals surface area contributed by atoms with Crippen molar-refractivity contribution < 1.29 is 18.0 Å².